The number of hydrogen-bond donors (Lipinski definition) is 1. The molecule has 1 N–H and O–H groups in total. The fourth-order valence-corrected chi connectivity index (χ4v) is 1.67. The van der Waals surface area contributed by atoms with Crippen LogP contribution in [-0.4, -0.2) is 21.6 Å². The highest BCUT2D eigenvalue weighted by molar-refractivity contribution is 6.30. The van der Waals surface area contributed by atoms with Crippen molar-refractivity contribution in [2.24, 2.45) is 0 Å². The quantitative estimate of drug-likeness (QED) is 0.885. The number of aromatic nitrogens is 2. The van der Waals surface area contributed by atoms with Crippen LogP contribution in [0.25, 0.3) is 5.69 Å². The summed E-state index contributed by atoms with van der Waals surface area (Å²) in [7, 11) is 0. The zero-order chi connectivity index (χ0) is 13.8. The molecule has 0 unspecified atom stereocenters. The van der Waals surface area contributed by atoms with Crippen LogP contribution in [0.5, 0.6) is 0 Å². The molecule has 1 aromatic carbocycles. The molecular formula is C12H8Cl2N4O. The molecule has 2 rings (SSSR count). The monoisotopic (exact) mass is 294 g/mol. The molecule has 0 aliphatic heterocycles. The Bertz CT molecular complexity index is 643. The lowest BCUT2D eigenvalue weighted by molar-refractivity contribution is -0.114. The third kappa shape index (κ3) is 3.05. The van der Waals surface area contributed by atoms with Gasteiger partial charge in [0.25, 0.3) is 0 Å². The lowest BCUT2D eigenvalue weighted by atomic mass is 10.3. The maximum atomic E-state index is 11.3. The summed E-state index contributed by atoms with van der Waals surface area (Å²) in [5.74, 6) is -0.168. The van der Waals surface area contributed by atoms with Crippen molar-refractivity contribution in [3.8, 4) is 11.8 Å². The third-order valence-electron chi connectivity index (χ3n) is 2.28. The van der Waals surface area contributed by atoms with Crippen LogP contribution >= 0.6 is 23.2 Å². The first-order valence-corrected chi connectivity index (χ1v) is 6.17. The van der Waals surface area contributed by atoms with Crippen molar-refractivity contribution >= 4 is 34.9 Å². The standard InChI is InChI=1S/C12H8Cl2N4O/c13-6-12(19)16-11-5-9(7-15)17-18(11)10-3-1-8(14)2-4-10/h1-5H,6H2,(H,16,19). The molecule has 7 heteroatoms. The Morgan fingerprint density at radius 1 is 1.42 bits per heavy atom. The molecule has 96 valence electrons. The van der Waals surface area contributed by atoms with Gasteiger partial charge in [-0.25, -0.2) is 4.68 Å². The number of nitriles is 1. The van der Waals surface area contributed by atoms with E-state index < -0.39 is 0 Å². The first kappa shape index (κ1) is 13.4. The molecule has 0 aliphatic carbocycles. The van der Waals surface area contributed by atoms with E-state index in [4.69, 9.17) is 28.5 Å². The lowest BCUT2D eigenvalue weighted by Gasteiger charge is -2.07. The molecular weight excluding hydrogens is 287 g/mol. The average molecular weight is 295 g/mol. The van der Waals surface area contributed by atoms with Crippen molar-refractivity contribution in [1.29, 1.82) is 5.26 Å². The molecule has 0 radical (unpaired) electrons. The molecule has 0 saturated carbocycles. The summed E-state index contributed by atoms with van der Waals surface area (Å²) in [5, 5.41) is 16.1. The van der Waals surface area contributed by atoms with Gasteiger partial charge < -0.3 is 5.32 Å². The smallest absolute Gasteiger partial charge is 0.240 e. The summed E-state index contributed by atoms with van der Waals surface area (Å²) in [6.07, 6.45) is 0. The van der Waals surface area contributed by atoms with Gasteiger partial charge in [-0.2, -0.15) is 10.4 Å². The Hall–Kier alpha value is -2.03. The summed E-state index contributed by atoms with van der Waals surface area (Å²) in [4.78, 5) is 11.3. The molecule has 0 aliphatic rings. The third-order valence-corrected chi connectivity index (χ3v) is 2.78. The van der Waals surface area contributed by atoms with E-state index >= 15 is 0 Å². The van der Waals surface area contributed by atoms with E-state index in [1.54, 1.807) is 24.3 Å². The first-order chi connectivity index (χ1) is 9.13. The van der Waals surface area contributed by atoms with E-state index in [0.29, 0.717) is 16.5 Å². The topological polar surface area (TPSA) is 70.7 Å². The minimum Gasteiger partial charge on any atom is -0.310 e. The van der Waals surface area contributed by atoms with Crippen LogP contribution in [0.4, 0.5) is 5.82 Å². The number of carbonyl (C=O) groups excluding carboxylic acids is 1. The van der Waals surface area contributed by atoms with Crippen LogP contribution in [-0.2, 0) is 4.79 Å². The predicted octanol–water partition coefficient (Wildman–Crippen LogP) is 2.57. The van der Waals surface area contributed by atoms with E-state index in [9.17, 15) is 4.79 Å². The number of nitrogens with one attached hydrogen (secondary N) is 1. The van der Waals surface area contributed by atoms with Crippen molar-refractivity contribution in [2.75, 3.05) is 11.2 Å². The molecule has 1 heterocycles. The largest absolute Gasteiger partial charge is 0.310 e. The normalized spacial score (nSPS) is 9.95. The highest BCUT2D eigenvalue weighted by Gasteiger charge is 2.11. The number of amides is 1. The minimum absolute atomic E-state index is 0.173. The van der Waals surface area contributed by atoms with Crippen LogP contribution in [0.3, 0.4) is 0 Å². The van der Waals surface area contributed by atoms with Gasteiger partial charge in [-0.3, -0.25) is 4.79 Å². The van der Waals surface area contributed by atoms with Gasteiger partial charge in [-0.15, -0.1) is 11.6 Å². The summed E-state index contributed by atoms with van der Waals surface area (Å²) >= 11 is 11.2. The molecule has 0 spiro atoms. The van der Waals surface area contributed by atoms with Crippen LogP contribution in [0, 0.1) is 11.3 Å². The van der Waals surface area contributed by atoms with Crippen LogP contribution in [0.2, 0.25) is 5.02 Å². The molecule has 1 aromatic heterocycles. The number of nitrogens with zero attached hydrogens (tertiary/aromatic N) is 3. The van der Waals surface area contributed by atoms with E-state index in [0.717, 1.165) is 0 Å². The van der Waals surface area contributed by atoms with Crippen LogP contribution < -0.4 is 5.32 Å². The van der Waals surface area contributed by atoms with Gasteiger partial charge in [0.15, 0.2) is 5.69 Å². The number of halogens is 2. The SMILES string of the molecule is N#Cc1cc(NC(=O)CCl)n(-c2ccc(Cl)cc2)n1. The second-order valence-corrected chi connectivity index (χ2v) is 4.30. The van der Waals surface area contributed by atoms with E-state index in [1.807, 2.05) is 6.07 Å². The molecule has 1 amide bonds. The molecule has 5 nitrogen and oxygen atoms in total. The summed E-state index contributed by atoms with van der Waals surface area (Å²) in [6, 6.07) is 10.2. The number of carbonyl (C=O) groups is 1. The Morgan fingerprint density at radius 3 is 2.68 bits per heavy atom. The van der Waals surface area contributed by atoms with Crippen molar-refractivity contribution < 1.29 is 4.79 Å². The second kappa shape index (κ2) is 5.74. The van der Waals surface area contributed by atoms with Gasteiger partial charge in [0.05, 0.1) is 5.69 Å². The summed E-state index contributed by atoms with van der Waals surface area (Å²) in [5.41, 5.74) is 0.871. The molecule has 2 aromatic rings. The number of anilines is 1. The maximum Gasteiger partial charge on any atom is 0.240 e. The summed E-state index contributed by atoms with van der Waals surface area (Å²) in [6.45, 7) is 0. The summed E-state index contributed by atoms with van der Waals surface area (Å²) < 4.78 is 1.44. The molecule has 0 atom stereocenters. The van der Waals surface area contributed by atoms with E-state index in [-0.39, 0.29) is 17.5 Å². The Balaban J connectivity index is 2.43. The highest BCUT2D eigenvalue weighted by Crippen LogP contribution is 2.19. The minimum atomic E-state index is -0.374. The fourth-order valence-electron chi connectivity index (χ4n) is 1.48. The second-order valence-electron chi connectivity index (χ2n) is 3.60. The Morgan fingerprint density at radius 2 is 2.11 bits per heavy atom. The van der Waals surface area contributed by atoms with E-state index in [2.05, 4.69) is 10.4 Å². The van der Waals surface area contributed by atoms with Crippen molar-refractivity contribution in [2.45, 2.75) is 0 Å². The number of rotatable bonds is 3. The predicted molar refractivity (Wildman–Crippen MR) is 72.6 cm³/mol. The highest BCUT2D eigenvalue weighted by atomic mass is 35.5. The van der Waals surface area contributed by atoms with Gasteiger partial charge in [0, 0.05) is 11.1 Å². The van der Waals surface area contributed by atoms with Crippen molar-refractivity contribution in [3.63, 3.8) is 0 Å². The van der Waals surface area contributed by atoms with Gasteiger partial charge in [0.1, 0.15) is 17.8 Å². The number of alkyl halides is 1. The van der Waals surface area contributed by atoms with Crippen molar-refractivity contribution in [3.05, 3.63) is 41.0 Å². The van der Waals surface area contributed by atoms with E-state index in [1.165, 1.54) is 10.7 Å². The fraction of sp³-hybridized carbons (Fsp3) is 0.0833. The molecule has 0 saturated heterocycles. The van der Waals surface area contributed by atoms with Crippen LogP contribution in [0.1, 0.15) is 5.69 Å². The zero-order valence-electron chi connectivity index (χ0n) is 9.60. The molecule has 0 bridgehead atoms. The lowest BCUT2D eigenvalue weighted by Crippen LogP contribution is -2.15. The molecule has 0 fully saturated rings. The van der Waals surface area contributed by atoms with Gasteiger partial charge in [-0.1, -0.05) is 11.6 Å². The Kier molecular flexibility index (Phi) is 4.05. The molecule has 19 heavy (non-hydrogen) atoms. The van der Waals surface area contributed by atoms with Crippen LogP contribution in [0.15, 0.2) is 30.3 Å². The Labute approximate surface area is 119 Å². The first-order valence-electron chi connectivity index (χ1n) is 5.26. The number of benzene rings is 1. The zero-order valence-corrected chi connectivity index (χ0v) is 11.1. The van der Waals surface area contributed by atoms with Gasteiger partial charge >= 0.3 is 0 Å². The van der Waals surface area contributed by atoms with Crippen molar-refractivity contribution in [1.82, 2.24) is 9.78 Å². The average Bonchev–Trinajstić information content (AvgIpc) is 2.82. The van der Waals surface area contributed by atoms with Gasteiger partial charge in [0.2, 0.25) is 5.91 Å². The number of hydrogen-bond acceptors (Lipinski definition) is 3. The van der Waals surface area contributed by atoms with Gasteiger partial charge in [-0.05, 0) is 24.3 Å². The maximum absolute atomic E-state index is 11.3.